The van der Waals surface area contributed by atoms with Gasteiger partial charge >= 0.3 is 0 Å². The SMILES string of the molecule is c1ccc(-n2c3ccccc3c3nc(-n4c5ccccc5c5ccccc54)nc(-n4c5ccccc5c5ccccc54)c32)cc1. The Hall–Kier alpha value is -6.20. The molecule has 0 fully saturated rings. The van der Waals surface area contributed by atoms with Crippen molar-refractivity contribution < 1.29 is 0 Å². The highest BCUT2D eigenvalue weighted by molar-refractivity contribution is 6.14. The fourth-order valence-corrected chi connectivity index (χ4v) is 7.20. The van der Waals surface area contributed by atoms with Crippen LogP contribution in [0.5, 0.6) is 0 Å². The first-order valence-electron chi connectivity index (χ1n) is 15.2. The zero-order chi connectivity index (χ0) is 29.5. The van der Waals surface area contributed by atoms with Crippen LogP contribution in [0.2, 0.25) is 0 Å². The summed E-state index contributed by atoms with van der Waals surface area (Å²) in [7, 11) is 0. The molecule has 0 aliphatic carbocycles. The molecule has 0 N–H and O–H groups in total. The van der Waals surface area contributed by atoms with Crippen LogP contribution in [-0.2, 0) is 0 Å². The summed E-state index contributed by atoms with van der Waals surface area (Å²) >= 11 is 0. The third kappa shape index (κ3) is 3.32. The highest BCUT2D eigenvalue weighted by atomic mass is 15.2. The molecule has 5 nitrogen and oxygen atoms in total. The van der Waals surface area contributed by atoms with Crippen molar-refractivity contribution in [2.45, 2.75) is 0 Å². The number of fused-ring (bicyclic) bond motifs is 9. The smallest absolute Gasteiger partial charge is 0.237 e. The normalized spacial score (nSPS) is 12.0. The molecule has 0 bridgehead atoms. The molecular weight excluding hydrogens is 550 g/mol. The van der Waals surface area contributed by atoms with Crippen LogP contribution >= 0.6 is 0 Å². The van der Waals surface area contributed by atoms with Crippen molar-refractivity contribution in [2.24, 2.45) is 0 Å². The average Bonchev–Trinajstić information content (AvgIpc) is 3.74. The molecule has 6 aromatic carbocycles. The van der Waals surface area contributed by atoms with E-state index in [0.29, 0.717) is 5.95 Å². The van der Waals surface area contributed by atoms with Crippen LogP contribution in [0, 0.1) is 0 Å². The lowest BCUT2D eigenvalue weighted by Gasteiger charge is -2.15. The van der Waals surface area contributed by atoms with Crippen molar-refractivity contribution in [2.75, 3.05) is 0 Å². The summed E-state index contributed by atoms with van der Waals surface area (Å²) in [5.74, 6) is 1.49. The van der Waals surface area contributed by atoms with E-state index in [2.05, 4.69) is 165 Å². The topological polar surface area (TPSA) is 40.6 Å². The lowest BCUT2D eigenvalue weighted by atomic mass is 10.2. The lowest BCUT2D eigenvalue weighted by Crippen LogP contribution is -2.08. The maximum atomic E-state index is 5.56. The molecule has 4 aromatic heterocycles. The van der Waals surface area contributed by atoms with Crippen LogP contribution in [0.15, 0.2) is 152 Å². The molecule has 5 heteroatoms. The number of hydrogen-bond acceptors (Lipinski definition) is 2. The first-order chi connectivity index (χ1) is 22.4. The number of nitrogens with zero attached hydrogens (tertiary/aromatic N) is 5. The van der Waals surface area contributed by atoms with Gasteiger partial charge in [-0.3, -0.25) is 9.13 Å². The Bertz CT molecular complexity index is 2660. The van der Waals surface area contributed by atoms with Crippen molar-refractivity contribution in [1.82, 2.24) is 23.7 Å². The third-order valence-corrected chi connectivity index (χ3v) is 9.06. The van der Waals surface area contributed by atoms with Gasteiger partial charge in [0.25, 0.3) is 0 Å². The standard InChI is InChI=1S/C40H25N5/c1-2-14-26(15-3-1)43-36-25-13-8-20-31(36)37-38(43)39(44-32-21-9-4-16-27(32)28-17-5-10-22-33(28)44)42-40(41-37)45-34-23-11-6-18-29(34)30-19-7-12-24-35(30)45/h1-25H. The number of hydrogen-bond donors (Lipinski definition) is 0. The van der Waals surface area contributed by atoms with Crippen molar-refractivity contribution in [3.8, 4) is 17.5 Å². The summed E-state index contributed by atoms with van der Waals surface area (Å²) in [6.45, 7) is 0. The number of rotatable bonds is 3. The third-order valence-electron chi connectivity index (χ3n) is 9.06. The molecule has 0 saturated carbocycles. The van der Waals surface area contributed by atoms with Crippen LogP contribution in [0.4, 0.5) is 0 Å². The van der Waals surface area contributed by atoms with E-state index in [9.17, 15) is 0 Å². The van der Waals surface area contributed by atoms with Crippen molar-refractivity contribution in [3.05, 3.63) is 152 Å². The molecule has 0 radical (unpaired) electrons. The van der Waals surface area contributed by atoms with E-state index in [-0.39, 0.29) is 0 Å². The molecule has 0 amide bonds. The van der Waals surface area contributed by atoms with E-state index in [1.807, 2.05) is 0 Å². The first kappa shape index (κ1) is 24.3. The summed E-state index contributed by atoms with van der Waals surface area (Å²) in [4.78, 5) is 11.0. The van der Waals surface area contributed by atoms with Crippen molar-refractivity contribution >= 4 is 65.5 Å². The molecule has 45 heavy (non-hydrogen) atoms. The minimum absolute atomic E-state index is 0.646. The second-order valence-corrected chi connectivity index (χ2v) is 11.5. The summed E-state index contributed by atoms with van der Waals surface area (Å²) in [6, 6.07) is 53.4. The molecule has 0 spiro atoms. The van der Waals surface area contributed by atoms with E-state index in [1.165, 1.54) is 21.5 Å². The first-order valence-corrected chi connectivity index (χ1v) is 15.2. The van der Waals surface area contributed by atoms with Gasteiger partial charge < -0.3 is 4.57 Å². The highest BCUT2D eigenvalue weighted by Gasteiger charge is 2.24. The van der Waals surface area contributed by atoms with Gasteiger partial charge in [-0.15, -0.1) is 0 Å². The van der Waals surface area contributed by atoms with Gasteiger partial charge in [-0.2, -0.15) is 4.98 Å². The predicted octanol–water partition coefficient (Wildman–Crippen LogP) is 9.77. The minimum atomic E-state index is 0.646. The molecular formula is C40H25N5. The Morgan fingerprint density at radius 3 is 1.24 bits per heavy atom. The fraction of sp³-hybridized carbons (Fsp3) is 0. The second-order valence-electron chi connectivity index (χ2n) is 11.5. The zero-order valence-electron chi connectivity index (χ0n) is 24.2. The highest BCUT2D eigenvalue weighted by Crippen LogP contribution is 2.39. The van der Waals surface area contributed by atoms with Gasteiger partial charge in [-0.05, 0) is 42.5 Å². The van der Waals surface area contributed by atoms with Gasteiger partial charge in [0.05, 0.1) is 27.6 Å². The van der Waals surface area contributed by atoms with Gasteiger partial charge in [-0.1, -0.05) is 109 Å². The maximum absolute atomic E-state index is 5.56. The Kier molecular flexibility index (Phi) is 4.93. The number of aromatic nitrogens is 5. The quantitative estimate of drug-likeness (QED) is 0.210. The molecule has 10 aromatic rings. The number of benzene rings is 6. The maximum Gasteiger partial charge on any atom is 0.237 e. The predicted molar refractivity (Wildman–Crippen MR) is 185 cm³/mol. The van der Waals surface area contributed by atoms with Gasteiger partial charge in [-0.25, -0.2) is 4.98 Å². The van der Waals surface area contributed by atoms with E-state index < -0.39 is 0 Å². The Morgan fingerprint density at radius 2 is 0.733 bits per heavy atom. The van der Waals surface area contributed by atoms with Gasteiger partial charge in [0.15, 0.2) is 5.82 Å². The Morgan fingerprint density at radius 1 is 0.333 bits per heavy atom. The summed E-state index contributed by atoms with van der Waals surface area (Å²) in [6.07, 6.45) is 0. The Labute approximate surface area is 257 Å². The van der Waals surface area contributed by atoms with Gasteiger partial charge in [0, 0.05) is 32.6 Å². The zero-order valence-corrected chi connectivity index (χ0v) is 24.2. The molecule has 0 unspecified atom stereocenters. The van der Waals surface area contributed by atoms with E-state index >= 15 is 0 Å². The van der Waals surface area contributed by atoms with Gasteiger partial charge in [0.2, 0.25) is 5.95 Å². The van der Waals surface area contributed by atoms with Crippen LogP contribution in [-0.4, -0.2) is 23.7 Å². The molecule has 210 valence electrons. The van der Waals surface area contributed by atoms with E-state index in [0.717, 1.165) is 55.5 Å². The van der Waals surface area contributed by atoms with E-state index in [4.69, 9.17) is 9.97 Å². The van der Waals surface area contributed by atoms with Crippen LogP contribution in [0.3, 0.4) is 0 Å². The molecule has 0 atom stereocenters. The van der Waals surface area contributed by atoms with Crippen molar-refractivity contribution in [1.29, 1.82) is 0 Å². The second kappa shape index (κ2) is 9.15. The Balaban J connectivity index is 1.46. The van der Waals surface area contributed by atoms with Gasteiger partial charge in [0.1, 0.15) is 11.0 Å². The average molecular weight is 576 g/mol. The van der Waals surface area contributed by atoms with Crippen LogP contribution < -0.4 is 0 Å². The number of para-hydroxylation sites is 6. The summed E-state index contributed by atoms with van der Waals surface area (Å²) in [5, 5.41) is 5.84. The summed E-state index contributed by atoms with van der Waals surface area (Å²) in [5.41, 5.74) is 8.43. The summed E-state index contributed by atoms with van der Waals surface area (Å²) < 4.78 is 6.86. The molecule has 0 aliphatic rings. The molecule has 0 aliphatic heterocycles. The molecule has 4 heterocycles. The lowest BCUT2D eigenvalue weighted by molar-refractivity contribution is 0.964. The minimum Gasteiger partial charge on any atom is -0.305 e. The largest absolute Gasteiger partial charge is 0.305 e. The monoisotopic (exact) mass is 575 g/mol. The van der Waals surface area contributed by atoms with Crippen molar-refractivity contribution in [3.63, 3.8) is 0 Å². The molecule has 0 saturated heterocycles. The van der Waals surface area contributed by atoms with E-state index in [1.54, 1.807) is 0 Å². The van der Waals surface area contributed by atoms with Crippen LogP contribution in [0.25, 0.3) is 83.0 Å². The fourth-order valence-electron chi connectivity index (χ4n) is 7.20. The van der Waals surface area contributed by atoms with Crippen LogP contribution in [0.1, 0.15) is 0 Å². The molecule has 10 rings (SSSR count).